The maximum Gasteiger partial charge on any atom is 0.490 e. The summed E-state index contributed by atoms with van der Waals surface area (Å²) in [5, 5.41) is 34.3. The van der Waals surface area contributed by atoms with E-state index in [1.54, 1.807) is 6.07 Å². The van der Waals surface area contributed by atoms with Crippen molar-refractivity contribution in [3.05, 3.63) is 53.1 Å². The van der Waals surface area contributed by atoms with Crippen molar-refractivity contribution in [1.29, 1.82) is 5.26 Å². The van der Waals surface area contributed by atoms with Crippen LogP contribution in [-0.2, 0) is 16.6 Å². The molecule has 3 aliphatic rings. The normalized spacial score (nSPS) is 25.0. The molecule has 0 aromatic heterocycles. The largest absolute Gasteiger partial charge is 0.506 e. The Morgan fingerprint density at radius 3 is 2.62 bits per heavy atom. The molecule has 4 N–H and O–H groups in total. The van der Waals surface area contributed by atoms with E-state index in [2.05, 4.69) is 22.8 Å². The second-order valence-corrected chi connectivity index (χ2v) is 9.13. The molecule has 1 aliphatic heterocycles. The van der Waals surface area contributed by atoms with E-state index in [9.17, 15) is 23.5 Å². The molecule has 3 atom stereocenters. The van der Waals surface area contributed by atoms with Gasteiger partial charge in [0.2, 0.25) is 0 Å². The molecule has 6 nitrogen and oxygen atoms in total. The van der Waals surface area contributed by atoms with Crippen LogP contribution in [0.2, 0.25) is 0 Å². The number of nitrogens with one attached hydrogen (secondary N) is 2. The van der Waals surface area contributed by atoms with Crippen molar-refractivity contribution in [2.45, 2.75) is 56.2 Å². The van der Waals surface area contributed by atoms with Crippen molar-refractivity contribution in [3.63, 3.8) is 0 Å². The van der Waals surface area contributed by atoms with E-state index in [4.69, 9.17) is 9.90 Å². The van der Waals surface area contributed by atoms with Crippen molar-refractivity contribution < 1.29 is 28.2 Å². The van der Waals surface area contributed by atoms with E-state index in [0.29, 0.717) is 23.2 Å². The highest BCUT2D eigenvalue weighted by Crippen LogP contribution is 2.55. The van der Waals surface area contributed by atoms with Gasteiger partial charge in [-0.25, -0.2) is 4.79 Å². The highest BCUT2D eigenvalue weighted by Gasteiger charge is 2.51. The summed E-state index contributed by atoms with van der Waals surface area (Å²) in [7, 11) is 0. The first kappa shape index (κ1) is 23.9. The first-order valence-corrected chi connectivity index (χ1v) is 11.3. The van der Waals surface area contributed by atoms with Gasteiger partial charge in [0.25, 0.3) is 0 Å². The van der Waals surface area contributed by atoms with E-state index >= 15 is 0 Å². The molecular weight excluding hydrogens is 447 g/mol. The summed E-state index contributed by atoms with van der Waals surface area (Å²) >= 11 is 0. The number of benzene rings is 2. The maximum absolute atomic E-state index is 10.8. The number of nitriles is 1. The highest BCUT2D eigenvalue weighted by atomic mass is 19.4. The summed E-state index contributed by atoms with van der Waals surface area (Å²) in [6.07, 6.45) is 2.27. The van der Waals surface area contributed by atoms with Crippen LogP contribution < -0.4 is 10.6 Å². The summed E-state index contributed by atoms with van der Waals surface area (Å²) < 4.78 is 31.7. The van der Waals surface area contributed by atoms with Crippen LogP contribution in [0.1, 0.15) is 48.8 Å². The van der Waals surface area contributed by atoms with Crippen molar-refractivity contribution in [2.24, 2.45) is 5.92 Å². The van der Waals surface area contributed by atoms with Crippen molar-refractivity contribution >= 4 is 17.3 Å². The number of hydrogen-bond acceptors (Lipinski definition) is 5. The number of aromatic hydroxyl groups is 1. The average Bonchev–Trinajstić information content (AvgIpc) is 2.80. The number of carboxylic acid groups (broad SMARTS) is 1. The Kier molecular flexibility index (Phi) is 6.45. The number of aliphatic carboxylic acids is 1. The fourth-order valence-electron chi connectivity index (χ4n) is 5.91. The smallest absolute Gasteiger partial charge is 0.490 e. The molecule has 2 fully saturated rings. The lowest BCUT2D eigenvalue weighted by molar-refractivity contribution is -0.192. The summed E-state index contributed by atoms with van der Waals surface area (Å²) in [5.41, 5.74) is 4.97. The van der Waals surface area contributed by atoms with Crippen LogP contribution in [0, 0.1) is 17.2 Å². The molecule has 5 rings (SSSR count). The summed E-state index contributed by atoms with van der Waals surface area (Å²) in [5.74, 6) is -1.77. The third kappa shape index (κ3) is 4.42. The number of phenolic OH excluding ortho intramolecular Hbond substituents is 1. The number of rotatable bonds is 2. The number of anilines is 2. The Hall–Kier alpha value is -3.25. The molecule has 2 aliphatic carbocycles. The molecule has 2 aromatic carbocycles. The zero-order valence-corrected chi connectivity index (χ0v) is 18.5. The monoisotopic (exact) mass is 473 g/mol. The number of halogens is 3. The maximum atomic E-state index is 10.8. The molecule has 180 valence electrons. The minimum absolute atomic E-state index is 0.238. The van der Waals surface area contributed by atoms with Crippen molar-refractivity contribution in [1.82, 2.24) is 5.32 Å². The first-order valence-electron chi connectivity index (χ1n) is 11.3. The number of fused-ring (bicyclic) bond motifs is 1. The van der Waals surface area contributed by atoms with Gasteiger partial charge in [-0.2, -0.15) is 18.4 Å². The number of phenols is 1. The quantitative estimate of drug-likeness (QED) is 0.458. The Bertz CT molecular complexity index is 1120. The predicted octanol–water partition coefficient (Wildman–Crippen LogP) is 4.99. The fourth-order valence-corrected chi connectivity index (χ4v) is 5.91. The van der Waals surface area contributed by atoms with Gasteiger partial charge in [-0.3, -0.25) is 0 Å². The van der Waals surface area contributed by atoms with E-state index in [-0.39, 0.29) is 11.2 Å². The summed E-state index contributed by atoms with van der Waals surface area (Å²) in [4.78, 5) is 8.90. The van der Waals surface area contributed by atoms with Gasteiger partial charge in [-0.05, 0) is 73.5 Å². The molecule has 9 heteroatoms. The number of hydrogen-bond donors (Lipinski definition) is 4. The number of para-hydroxylation sites is 1. The van der Waals surface area contributed by atoms with Crippen LogP contribution in [0.25, 0.3) is 0 Å². The van der Waals surface area contributed by atoms with Crippen LogP contribution in [0.3, 0.4) is 0 Å². The lowest BCUT2D eigenvalue weighted by atomic mass is 9.53. The van der Waals surface area contributed by atoms with E-state index in [1.165, 1.54) is 43.2 Å². The molecule has 0 radical (unpaired) electrons. The van der Waals surface area contributed by atoms with Gasteiger partial charge in [-0.1, -0.05) is 25.0 Å². The van der Waals surface area contributed by atoms with Gasteiger partial charge in [0, 0.05) is 11.5 Å². The molecular formula is C25H26F3N3O3. The predicted molar refractivity (Wildman–Crippen MR) is 120 cm³/mol. The van der Waals surface area contributed by atoms with Crippen LogP contribution in [0.4, 0.5) is 24.5 Å². The summed E-state index contributed by atoms with van der Waals surface area (Å²) in [6.45, 7) is 1.08. The van der Waals surface area contributed by atoms with Crippen LogP contribution in [0.5, 0.6) is 5.75 Å². The second-order valence-electron chi connectivity index (χ2n) is 9.13. The van der Waals surface area contributed by atoms with Gasteiger partial charge >= 0.3 is 12.1 Å². The zero-order chi connectivity index (χ0) is 24.5. The number of nitrogens with zero attached hydrogens (tertiary/aromatic N) is 1. The SMILES string of the molecule is N#Cc1ccccc1Nc1cc2c(cc1O)[C@]13CCCC[C@@H]1[C@H](C2)NCC3.O=C(O)C(F)(F)F. The van der Waals surface area contributed by atoms with Crippen molar-refractivity contribution in [3.8, 4) is 11.8 Å². The van der Waals surface area contributed by atoms with E-state index in [1.807, 2.05) is 24.3 Å². The third-order valence-corrected chi connectivity index (χ3v) is 7.32. The first-order chi connectivity index (χ1) is 16.2. The topological polar surface area (TPSA) is 105 Å². The zero-order valence-electron chi connectivity index (χ0n) is 18.5. The molecule has 1 saturated carbocycles. The van der Waals surface area contributed by atoms with Crippen LogP contribution in [-0.4, -0.2) is 34.9 Å². The highest BCUT2D eigenvalue weighted by molar-refractivity contribution is 5.73. The van der Waals surface area contributed by atoms with Crippen LogP contribution >= 0.6 is 0 Å². The second kappa shape index (κ2) is 9.18. The minimum Gasteiger partial charge on any atom is -0.506 e. The minimum atomic E-state index is -5.08. The standard InChI is InChI=1S/C23H25N3O.C2HF3O2/c24-14-15-5-1-2-7-19(15)26-21-12-16-11-20-17-6-3-4-8-23(17,9-10-25-20)18(16)13-22(21)27;3-2(4,5)1(6)7/h1-2,5,7,12-13,17,20,25-27H,3-4,6,8-11H2;(H,6,7)/t17-,20+,23+;/m1./s1. The van der Waals surface area contributed by atoms with E-state index in [0.717, 1.165) is 18.7 Å². The number of piperidine rings is 1. The Labute approximate surface area is 195 Å². The number of alkyl halides is 3. The molecule has 1 heterocycles. The molecule has 0 unspecified atom stereocenters. The fraction of sp³-hybridized carbons (Fsp3) is 0.440. The van der Waals surface area contributed by atoms with Gasteiger partial charge in [0.15, 0.2) is 0 Å². The molecule has 34 heavy (non-hydrogen) atoms. The molecule has 2 bridgehead atoms. The average molecular weight is 473 g/mol. The van der Waals surface area contributed by atoms with Gasteiger partial charge in [0.05, 0.1) is 16.9 Å². The Balaban J connectivity index is 0.000000344. The molecule has 0 spiro atoms. The van der Waals surface area contributed by atoms with E-state index < -0.39 is 12.1 Å². The Morgan fingerprint density at radius 2 is 1.91 bits per heavy atom. The Morgan fingerprint density at radius 1 is 1.18 bits per heavy atom. The van der Waals surface area contributed by atoms with Crippen LogP contribution in [0.15, 0.2) is 36.4 Å². The van der Waals surface area contributed by atoms with Gasteiger partial charge < -0.3 is 20.8 Å². The van der Waals surface area contributed by atoms with Crippen molar-refractivity contribution in [2.75, 3.05) is 11.9 Å². The lowest BCUT2D eigenvalue weighted by Gasteiger charge is -2.56. The summed E-state index contributed by atoms with van der Waals surface area (Å²) in [6, 6.07) is 14.3. The van der Waals surface area contributed by atoms with Gasteiger partial charge in [-0.15, -0.1) is 0 Å². The third-order valence-electron chi connectivity index (χ3n) is 7.32. The van der Waals surface area contributed by atoms with Gasteiger partial charge in [0.1, 0.15) is 11.8 Å². The lowest BCUT2D eigenvalue weighted by Crippen LogP contribution is -2.59. The number of carboxylic acids is 1. The molecule has 0 amide bonds. The molecule has 2 aromatic rings. The molecule has 1 saturated heterocycles. The number of carbonyl (C=O) groups is 1.